The minimum Gasteiger partial charge on any atom is -0.408 e. The Balaban J connectivity index is 2.22. The lowest BCUT2D eigenvalue weighted by Gasteiger charge is -2.09. The molecule has 0 amide bonds. The largest absolute Gasteiger partial charge is 0.416 e. The summed E-state index contributed by atoms with van der Waals surface area (Å²) in [5.41, 5.74) is -0.595. The number of rotatable bonds is 4. The van der Waals surface area contributed by atoms with E-state index in [1.807, 2.05) is 0 Å². The van der Waals surface area contributed by atoms with Gasteiger partial charge in [0.05, 0.1) is 5.56 Å². The first kappa shape index (κ1) is 15.1. The summed E-state index contributed by atoms with van der Waals surface area (Å²) in [7, 11) is 0. The monoisotopic (exact) mass is 369 g/mol. The summed E-state index contributed by atoms with van der Waals surface area (Å²) in [6.07, 6.45) is -4.04. The van der Waals surface area contributed by atoms with Crippen molar-refractivity contribution in [3.8, 4) is 0 Å². The van der Waals surface area contributed by atoms with Crippen LogP contribution >= 0.6 is 27.5 Å². The molecular formula is C11H8BrClF3N3O. The topological polar surface area (TPSA) is 51.0 Å². The Hall–Kier alpha value is -1.28. The Morgan fingerprint density at radius 2 is 2.00 bits per heavy atom. The highest BCUT2D eigenvalue weighted by Gasteiger charge is 2.31. The van der Waals surface area contributed by atoms with Gasteiger partial charge in [-0.3, -0.25) is 0 Å². The van der Waals surface area contributed by atoms with Crippen molar-refractivity contribution in [1.82, 2.24) is 10.2 Å². The van der Waals surface area contributed by atoms with Crippen molar-refractivity contribution >= 4 is 39.2 Å². The zero-order valence-electron chi connectivity index (χ0n) is 9.84. The molecule has 0 aliphatic carbocycles. The normalized spacial score (nSPS) is 11.7. The highest BCUT2D eigenvalue weighted by Crippen LogP contribution is 2.34. The number of hydrogen-bond acceptors (Lipinski definition) is 4. The van der Waals surface area contributed by atoms with Crippen molar-refractivity contribution in [3.63, 3.8) is 0 Å². The smallest absolute Gasteiger partial charge is 0.408 e. The maximum Gasteiger partial charge on any atom is 0.416 e. The molecule has 0 fully saturated rings. The molecule has 1 N–H and O–H groups in total. The van der Waals surface area contributed by atoms with Crippen LogP contribution in [0.3, 0.4) is 0 Å². The molecule has 0 spiro atoms. The molecule has 2 aromatic rings. The van der Waals surface area contributed by atoms with Gasteiger partial charge < -0.3 is 9.73 Å². The van der Waals surface area contributed by atoms with Gasteiger partial charge in [-0.1, -0.05) is 21.0 Å². The third-order valence-corrected chi connectivity index (χ3v) is 2.90. The number of anilines is 2. The lowest BCUT2D eigenvalue weighted by atomic mass is 10.2. The minimum atomic E-state index is -4.43. The van der Waals surface area contributed by atoms with E-state index in [0.29, 0.717) is 18.2 Å². The van der Waals surface area contributed by atoms with Crippen LogP contribution in [0.5, 0.6) is 0 Å². The molecule has 1 heterocycles. The number of aromatic nitrogens is 2. The number of nitrogens with zero attached hydrogens (tertiary/aromatic N) is 2. The molecule has 0 saturated carbocycles. The number of hydrogen-bond donors (Lipinski definition) is 1. The minimum absolute atomic E-state index is 0.0105. The van der Waals surface area contributed by atoms with Crippen LogP contribution in [0.2, 0.25) is 0 Å². The number of benzene rings is 1. The second-order valence-corrected chi connectivity index (χ2v) is 5.08. The summed E-state index contributed by atoms with van der Waals surface area (Å²) in [5, 5.41) is 9.99. The van der Waals surface area contributed by atoms with E-state index in [1.54, 1.807) is 0 Å². The van der Waals surface area contributed by atoms with Crippen LogP contribution in [0.15, 0.2) is 27.1 Å². The van der Waals surface area contributed by atoms with E-state index in [-0.39, 0.29) is 16.2 Å². The Labute approximate surface area is 125 Å². The molecule has 0 aliphatic heterocycles. The summed E-state index contributed by atoms with van der Waals surface area (Å²) in [6.45, 7) is 0. The van der Waals surface area contributed by atoms with E-state index in [0.717, 1.165) is 12.1 Å². The summed E-state index contributed by atoms with van der Waals surface area (Å²) in [6, 6.07) is 3.42. The molecule has 20 heavy (non-hydrogen) atoms. The van der Waals surface area contributed by atoms with Crippen molar-refractivity contribution in [3.05, 3.63) is 34.1 Å². The van der Waals surface area contributed by atoms with Gasteiger partial charge in [0.2, 0.25) is 5.89 Å². The van der Waals surface area contributed by atoms with E-state index < -0.39 is 11.7 Å². The predicted molar refractivity (Wildman–Crippen MR) is 71.1 cm³/mol. The first-order chi connectivity index (χ1) is 9.38. The molecule has 0 bridgehead atoms. The summed E-state index contributed by atoms with van der Waals surface area (Å²) >= 11 is 8.54. The van der Waals surface area contributed by atoms with Crippen molar-refractivity contribution in [1.29, 1.82) is 0 Å². The zero-order valence-corrected chi connectivity index (χ0v) is 12.2. The molecule has 0 saturated heterocycles. The fraction of sp³-hybridized carbons (Fsp3) is 0.273. The van der Waals surface area contributed by atoms with Gasteiger partial charge in [-0.25, -0.2) is 0 Å². The van der Waals surface area contributed by atoms with Gasteiger partial charge in [0, 0.05) is 22.5 Å². The van der Waals surface area contributed by atoms with Crippen molar-refractivity contribution in [2.75, 3.05) is 11.2 Å². The van der Waals surface area contributed by atoms with Crippen LogP contribution in [0.1, 0.15) is 11.5 Å². The van der Waals surface area contributed by atoms with Crippen LogP contribution in [-0.2, 0) is 12.6 Å². The zero-order chi connectivity index (χ0) is 14.8. The Kier molecular flexibility index (Phi) is 4.54. The SMILES string of the molecule is FC(F)(F)c1cc(Br)cc(Nc2nnc(CCCl)o2)c1. The fourth-order valence-corrected chi connectivity index (χ4v) is 2.09. The van der Waals surface area contributed by atoms with Gasteiger partial charge in [-0.15, -0.1) is 16.7 Å². The molecule has 0 unspecified atom stereocenters. The molecule has 9 heteroatoms. The summed E-state index contributed by atoms with van der Waals surface area (Å²) < 4.78 is 43.5. The number of nitrogens with one attached hydrogen (secondary N) is 1. The van der Waals surface area contributed by atoms with Crippen LogP contribution in [0.4, 0.5) is 24.9 Å². The number of halogens is 5. The number of aryl methyl sites for hydroxylation is 1. The van der Waals surface area contributed by atoms with Crippen LogP contribution in [0.25, 0.3) is 0 Å². The molecule has 0 atom stereocenters. The van der Waals surface area contributed by atoms with Gasteiger partial charge >= 0.3 is 12.2 Å². The average molecular weight is 371 g/mol. The van der Waals surface area contributed by atoms with Crippen LogP contribution < -0.4 is 5.32 Å². The van der Waals surface area contributed by atoms with E-state index in [9.17, 15) is 13.2 Å². The van der Waals surface area contributed by atoms with Gasteiger partial charge in [0.1, 0.15) is 0 Å². The van der Waals surface area contributed by atoms with Crippen molar-refractivity contribution in [2.24, 2.45) is 0 Å². The lowest BCUT2D eigenvalue weighted by molar-refractivity contribution is -0.137. The summed E-state index contributed by atoms with van der Waals surface area (Å²) in [5.74, 6) is 0.630. The molecular weight excluding hydrogens is 362 g/mol. The molecule has 4 nitrogen and oxygen atoms in total. The second-order valence-electron chi connectivity index (χ2n) is 3.79. The van der Waals surface area contributed by atoms with Gasteiger partial charge in [-0.05, 0) is 18.2 Å². The quantitative estimate of drug-likeness (QED) is 0.812. The fourth-order valence-electron chi connectivity index (χ4n) is 1.43. The molecule has 2 rings (SSSR count). The van der Waals surface area contributed by atoms with Crippen LogP contribution in [0, 0.1) is 0 Å². The lowest BCUT2D eigenvalue weighted by Crippen LogP contribution is -2.05. The Morgan fingerprint density at radius 1 is 1.25 bits per heavy atom. The van der Waals surface area contributed by atoms with Gasteiger partial charge in [0.25, 0.3) is 0 Å². The van der Waals surface area contributed by atoms with E-state index in [2.05, 4.69) is 31.4 Å². The Bertz CT molecular complexity index is 603. The first-order valence-corrected chi connectivity index (χ1v) is 6.74. The molecule has 1 aromatic carbocycles. The molecule has 0 aliphatic rings. The maximum absolute atomic E-state index is 12.7. The predicted octanol–water partition coefficient (Wildman–Crippen LogP) is 4.38. The van der Waals surface area contributed by atoms with E-state index in [1.165, 1.54) is 6.07 Å². The highest BCUT2D eigenvalue weighted by molar-refractivity contribution is 9.10. The third kappa shape index (κ3) is 3.86. The first-order valence-electron chi connectivity index (χ1n) is 5.41. The van der Waals surface area contributed by atoms with Crippen molar-refractivity contribution in [2.45, 2.75) is 12.6 Å². The maximum atomic E-state index is 12.7. The Morgan fingerprint density at radius 3 is 2.65 bits per heavy atom. The number of alkyl halides is 4. The van der Waals surface area contributed by atoms with Gasteiger partial charge in [-0.2, -0.15) is 13.2 Å². The van der Waals surface area contributed by atoms with Crippen LogP contribution in [-0.4, -0.2) is 16.1 Å². The molecule has 108 valence electrons. The standard InChI is InChI=1S/C11H8BrClF3N3O/c12-7-3-6(11(14,15)16)4-8(5-7)17-10-19-18-9(20-10)1-2-13/h3-5H,1-2H2,(H,17,19). The van der Waals surface area contributed by atoms with Gasteiger partial charge in [0.15, 0.2) is 0 Å². The van der Waals surface area contributed by atoms with E-state index >= 15 is 0 Å². The summed E-state index contributed by atoms with van der Waals surface area (Å²) in [4.78, 5) is 0. The highest BCUT2D eigenvalue weighted by atomic mass is 79.9. The van der Waals surface area contributed by atoms with E-state index in [4.69, 9.17) is 16.0 Å². The third-order valence-electron chi connectivity index (χ3n) is 2.25. The molecule has 1 aromatic heterocycles. The second kappa shape index (κ2) is 6.01. The average Bonchev–Trinajstić information content (AvgIpc) is 2.75. The molecule has 0 radical (unpaired) electrons. The van der Waals surface area contributed by atoms with Crippen molar-refractivity contribution < 1.29 is 17.6 Å².